The Kier molecular flexibility index (Phi) is 9.52. The fourth-order valence-electron chi connectivity index (χ4n) is 2.96. The third-order valence-corrected chi connectivity index (χ3v) is 5.30. The van der Waals surface area contributed by atoms with Gasteiger partial charge in [-0.1, -0.05) is 40.9 Å². The number of halogens is 2. The first-order valence-corrected chi connectivity index (χ1v) is 11.6. The summed E-state index contributed by atoms with van der Waals surface area (Å²) >= 11 is 11.8. The van der Waals surface area contributed by atoms with Gasteiger partial charge in [0.15, 0.2) is 6.61 Å². The van der Waals surface area contributed by atoms with Crippen molar-refractivity contribution < 1.29 is 23.9 Å². The van der Waals surface area contributed by atoms with Crippen molar-refractivity contribution in [2.75, 3.05) is 17.2 Å². The van der Waals surface area contributed by atoms with E-state index in [1.54, 1.807) is 36.4 Å². The minimum atomic E-state index is -0.576. The van der Waals surface area contributed by atoms with E-state index in [1.165, 1.54) is 6.07 Å². The highest BCUT2D eigenvalue weighted by molar-refractivity contribution is 6.36. The number of benzene rings is 3. The maximum absolute atomic E-state index is 12.1. The van der Waals surface area contributed by atoms with Crippen LogP contribution in [0.4, 0.5) is 11.4 Å². The van der Waals surface area contributed by atoms with Gasteiger partial charge in [0, 0.05) is 23.6 Å². The van der Waals surface area contributed by atoms with Crippen LogP contribution in [0.25, 0.3) is 0 Å². The van der Waals surface area contributed by atoms with Gasteiger partial charge in [0.25, 0.3) is 5.91 Å². The maximum atomic E-state index is 12.1. The normalized spacial score (nSPS) is 10.4. The van der Waals surface area contributed by atoms with Gasteiger partial charge in [-0.25, -0.2) is 0 Å². The number of nitrogens with one attached hydrogen (secondary N) is 2. The molecule has 2 amide bonds. The highest BCUT2D eigenvalue weighted by Gasteiger charge is 2.11. The van der Waals surface area contributed by atoms with Gasteiger partial charge in [-0.05, 0) is 67.9 Å². The number of carbonyl (C=O) groups excluding carboxylic acids is 3. The molecule has 0 radical (unpaired) electrons. The fourth-order valence-corrected chi connectivity index (χ4v) is 3.42. The van der Waals surface area contributed by atoms with Gasteiger partial charge in [-0.3, -0.25) is 14.4 Å². The minimum Gasteiger partial charge on any atom is -0.457 e. The van der Waals surface area contributed by atoms with Crippen LogP contribution in [0, 0.1) is 6.92 Å². The van der Waals surface area contributed by atoms with Gasteiger partial charge >= 0.3 is 5.97 Å². The summed E-state index contributed by atoms with van der Waals surface area (Å²) in [4.78, 5) is 35.9. The van der Waals surface area contributed by atoms with Crippen LogP contribution in [0.5, 0.6) is 11.5 Å². The molecule has 0 fully saturated rings. The molecule has 9 heteroatoms. The molecule has 0 saturated carbocycles. The molecule has 0 aromatic heterocycles. The van der Waals surface area contributed by atoms with E-state index in [2.05, 4.69) is 10.6 Å². The van der Waals surface area contributed by atoms with Crippen LogP contribution in [-0.4, -0.2) is 24.4 Å². The zero-order valence-electron chi connectivity index (χ0n) is 19.0. The Morgan fingerprint density at radius 3 is 2.11 bits per heavy atom. The number of hydrogen-bond acceptors (Lipinski definition) is 5. The summed E-state index contributed by atoms with van der Waals surface area (Å²) in [6, 6.07) is 19.3. The van der Waals surface area contributed by atoms with Crippen molar-refractivity contribution in [1.29, 1.82) is 0 Å². The van der Waals surface area contributed by atoms with Crippen molar-refractivity contribution in [2.45, 2.75) is 26.2 Å². The molecular weight excluding hydrogens is 491 g/mol. The van der Waals surface area contributed by atoms with E-state index in [4.69, 9.17) is 32.7 Å². The predicted molar refractivity (Wildman–Crippen MR) is 136 cm³/mol. The summed E-state index contributed by atoms with van der Waals surface area (Å²) in [6.07, 6.45) is 0.416. The summed E-state index contributed by atoms with van der Waals surface area (Å²) in [5, 5.41) is 6.01. The Hall–Kier alpha value is -3.55. The van der Waals surface area contributed by atoms with Gasteiger partial charge in [0.05, 0.1) is 10.7 Å². The van der Waals surface area contributed by atoms with Crippen molar-refractivity contribution in [3.8, 4) is 11.5 Å². The molecular formula is C26H24Cl2N2O5. The molecule has 0 aliphatic rings. The average molecular weight is 515 g/mol. The Labute approximate surface area is 213 Å². The molecule has 35 heavy (non-hydrogen) atoms. The fraction of sp³-hybridized carbons (Fsp3) is 0.192. The number of hydrogen-bond donors (Lipinski definition) is 2. The summed E-state index contributed by atoms with van der Waals surface area (Å²) < 4.78 is 10.7. The molecule has 0 bridgehead atoms. The van der Waals surface area contributed by atoms with Crippen LogP contribution in [0.2, 0.25) is 10.0 Å². The average Bonchev–Trinajstić information content (AvgIpc) is 2.82. The Balaban J connectivity index is 1.33. The van der Waals surface area contributed by atoms with E-state index in [9.17, 15) is 14.4 Å². The topological polar surface area (TPSA) is 93.7 Å². The van der Waals surface area contributed by atoms with Crippen LogP contribution < -0.4 is 15.4 Å². The van der Waals surface area contributed by atoms with E-state index in [0.29, 0.717) is 22.1 Å². The molecule has 7 nitrogen and oxygen atoms in total. The van der Waals surface area contributed by atoms with Gasteiger partial charge in [0.1, 0.15) is 11.5 Å². The number of rotatable bonds is 10. The largest absolute Gasteiger partial charge is 0.457 e. The van der Waals surface area contributed by atoms with Crippen molar-refractivity contribution in [3.63, 3.8) is 0 Å². The monoisotopic (exact) mass is 514 g/mol. The summed E-state index contributed by atoms with van der Waals surface area (Å²) in [6.45, 7) is 1.55. The number of ether oxygens (including phenoxy) is 2. The lowest BCUT2D eigenvalue weighted by molar-refractivity contribution is -0.147. The van der Waals surface area contributed by atoms with Gasteiger partial charge in [0.2, 0.25) is 5.91 Å². The van der Waals surface area contributed by atoms with Crippen molar-refractivity contribution in [1.82, 2.24) is 0 Å². The van der Waals surface area contributed by atoms with Gasteiger partial charge in [-0.15, -0.1) is 0 Å². The summed E-state index contributed by atoms with van der Waals surface area (Å²) in [5.41, 5.74) is 2.13. The van der Waals surface area contributed by atoms with Crippen LogP contribution in [-0.2, 0) is 19.1 Å². The molecule has 0 spiro atoms. The number of amides is 2. The van der Waals surface area contributed by atoms with E-state index in [1.807, 2.05) is 31.2 Å². The number of anilines is 2. The first-order chi connectivity index (χ1) is 16.8. The maximum Gasteiger partial charge on any atom is 0.306 e. The molecule has 3 aromatic carbocycles. The molecule has 3 aromatic rings. The highest BCUT2D eigenvalue weighted by Crippen LogP contribution is 2.25. The van der Waals surface area contributed by atoms with Gasteiger partial charge < -0.3 is 20.1 Å². The van der Waals surface area contributed by atoms with Crippen molar-refractivity contribution in [3.05, 3.63) is 82.3 Å². The van der Waals surface area contributed by atoms with E-state index < -0.39 is 18.5 Å². The second-order valence-corrected chi connectivity index (χ2v) is 8.52. The quantitative estimate of drug-likeness (QED) is 0.306. The van der Waals surface area contributed by atoms with Crippen molar-refractivity contribution in [2.24, 2.45) is 0 Å². The van der Waals surface area contributed by atoms with E-state index in [0.717, 1.165) is 11.3 Å². The SMILES string of the molecule is Cc1ccc(Oc2ccc(NC(=O)CCCC(=O)OCC(=O)Nc3ccc(Cl)cc3Cl)cc2)cc1. The number of carbonyl (C=O) groups is 3. The van der Waals surface area contributed by atoms with Crippen LogP contribution in [0.3, 0.4) is 0 Å². The van der Waals surface area contributed by atoms with E-state index in [-0.39, 0.29) is 30.2 Å². The molecule has 0 aliphatic heterocycles. The lowest BCUT2D eigenvalue weighted by atomic mass is 10.2. The zero-order valence-corrected chi connectivity index (χ0v) is 20.5. The minimum absolute atomic E-state index is 0.00568. The molecule has 3 rings (SSSR count). The van der Waals surface area contributed by atoms with Crippen LogP contribution in [0.1, 0.15) is 24.8 Å². The highest BCUT2D eigenvalue weighted by atomic mass is 35.5. The Bertz CT molecular complexity index is 1180. The molecule has 0 unspecified atom stereocenters. The molecule has 0 heterocycles. The lowest BCUT2D eigenvalue weighted by Crippen LogP contribution is -2.21. The van der Waals surface area contributed by atoms with Crippen molar-refractivity contribution >= 4 is 52.4 Å². The standard InChI is InChI=1S/C26H24Cl2N2O5/c1-17-5-10-20(11-6-17)35-21-12-8-19(9-13-21)29-24(31)3-2-4-26(33)34-16-25(32)30-23-14-7-18(27)15-22(23)28/h5-15H,2-4,16H2,1H3,(H,29,31)(H,30,32). The third-order valence-electron chi connectivity index (χ3n) is 4.75. The predicted octanol–water partition coefficient (Wildman–Crippen LogP) is 6.38. The van der Waals surface area contributed by atoms with E-state index >= 15 is 0 Å². The lowest BCUT2D eigenvalue weighted by Gasteiger charge is -2.09. The Morgan fingerprint density at radius 1 is 0.800 bits per heavy atom. The first kappa shape index (κ1) is 26.1. The number of aryl methyl sites for hydroxylation is 1. The summed E-state index contributed by atoms with van der Waals surface area (Å²) in [7, 11) is 0. The zero-order chi connectivity index (χ0) is 25.2. The summed E-state index contributed by atoms with van der Waals surface area (Å²) in [5.74, 6) is 0.0329. The Morgan fingerprint density at radius 2 is 1.46 bits per heavy atom. The molecule has 0 saturated heterocycles. The number of esters is 1. The molecule has 182 valence electrons. The first-order valence-electron chi connectivity index (χ1n) is 10.8. The molecule has 0 aliphatic carbocycles. The molecule has 2 N–H and O–H groups in total. The second kappa shape index (κ2) is 12.8. The third kappa shape index (κ3) is 8.96. The second-order valence-electron chi connectivity index (χ2n) is 7.67. The molecule has 0 atom stereocenters. The van der Waals surface area contributed by atoms with Crippen LogP contribution >= 0.6 is 23.2 Å². The smallest absolute Gasteiger partial charge is 0.306 e. The van der Waals surface area contributed by atoms with Gasteiger partial charge in [-0.2, -0.15) is 0 Å². The van der Waals surface area contributed by atoms with Crippen LogP contribution in [0.15, 0.2) is 66.7 Å².